The number of carbonyl (C=O) groups excluding carboxylic acids is 2. The van der Waals surface area contributed by atoms with Crippen LogP contribution in [0, 0.1) is 22.7 Å². The number of aliphatic hydroxyl groups is 3. The van der Waals surface area contributed by atoms with Gasteiger partial charge in [0.05, 0.1) is 12.2 Å². The van der Waals surface area contributed by atoms with E-state index >= 15 is 4.39 Å². The van der Waals surface area contributed by atoms with Crippen molar-refractivity contribution < 1.29 is 34.0 Å². The van der Waals surface area contributed by atoms with Gasteiger partial charge in [-0.15, -0.1) is 0 Å². The zero-order chi connectivity index (χ0) is 22.1. The second-order valence-electron chi connectivity index (χ2n) is 9.84. The molecule has 6 nitrogen and oxygen atoms in total. The maximum atomic E-state index is 16.9. The molecule has 0 unspecified atom stereocenters. The molecular weight excluding hydrogens is 391 g/mol. The molecule has 0 heterocycles. The molecule has 0 saturated heterocycles. The monoisotopic (exact) mass is 422 g/mol. The maximum Gasteiger partial charge on any atom is 0.193 e. The second kappa shape index (κ2) is 6.79. The van der Waals surface area contributed by atoms with E-state index in [1.807, 2.05) is 0 Å². The molecule has 4 rings (SSSR count). The molecule has 30 heavy (non-hydrogen) atoms. The highest BCUT2D eigenvalue weighted by atomic mass is 19.1. The van der Waals surface area contributed by atoms with E-state index in [0.29, 0.717) is 18.4 Å². The van der Waals surface area contributed by atoms with Crippen LogP contribution in [0.25, 0.3) is 0 Å². The van der Waals surface area contributed by atoms with Gasteiger partial charge >= 0.3 is 0 Å². The molecule has 0 radical (unpaired) electrons. The van der Waals surface area contributed by atoms with Crippen LogP contribution in [0.1, 0.15) is 46.5 Å². The van der Waals surface area contributed by atoms with Gasteiger partial charge in [-0.2, -0.15) is 0 Å². The molecule has 3 fully saturated rings. The third kappa shape index (κ3) is 2.43. The minimum Gasteiger partial charge on any atom is -0.390 e. The molecule has 7 heteroatoms. The van der Waals surface area contributed by atoms with E-state index in [0.717, 1.165) is 0 Å². The van der Waals surface area contributed by atoms with E-state index < -0.39 is 51.9 Å². The van der Waals surface area contributed by atoms with Crippen molar-refractivity contribution >= 4 is 11.6 Å². The Balaban J connectivity index is 1.77. The van der Waals surface area contributed by atoms with Crippen LogP contribution in [0.15, 0.2) is 23.8 Å². The van der Waals surface area contributed by atoms with Crippen molar-refractivity contribution in [3.63, 3.8) is 0 Å². The Kier molecular flexibility index (Phi) is 4.94. The molecule has 0 amide bonds. The number of aliphatic hydroxyl groups excluding tert-OH is 2. The van der Waals surface area contributed by atoms with E-state index in [1.165, 1.54) is 12.2 Å². The first-order valence-corrected chi connectivity index (χ1v) is 10.8. The number of fused-ring (bicyclic) bond motifs is 5. The number of alkyl halides is 1. The lowest BCUT2D eigenvalue weighted by Crippen LogP contribution is -2.69. The standard InChI is InChI=1S/C23H31FO6/c1-4-30-12-19(28)23(29)17(26)10-16-15-6-5-13-9-14(25)7-8-20(13,2)22(15,24)18(27)11-21(16,23)3/h7-9,15-18,26-27,29H,4-6,10-12H2,1-3H3/t15-,16-,17+,18-,20-,21-,22-,23-/m0/s1. The number of Topliss-reactive ketones (excluding diaryl/α,β-unsaturated/α-hetero) is 1. The van der Waals surface area contributed by atoms with Crippen LogP contribution in [0.3, 0.4) is 0 Å². The van der Waals surface area contributed by atoms with Crippen molar-refractivity contribution in [3.05, 3.63) is 23.8 Å². The summed E-state index contributed by atoms with van der Waals surface area (Å²) < 4.78 is 22.1. The molecule has 0 aromatic rings. The van der Waals surface area contributed by atoms with Gasteiger partial charge in [-0.05, 0) is 57.6 Å². The predicted molar refractivity (Wildman–Crippen MR) is 106 cm³/mol. The highest BCUT2D eigenvalue weighted by molar-refractivity contribution is 6.01. The SMILES string of the molecule is CCOCC(=O)[C@@]1(O)[C@H](O)C[C@H]2[C@@H]3CCC4=CC(=O)C=C[C@]4(C)[C@@]3(F)[C@@H](O)C[C@@]21C. The Bertz CT molecular complexity index is 838. The predicted octanol–water partition coefficient (Wildman–Crippen LogP) is 1.66. The minimum absolute atomic E-state index is 0.0751. The smallest absolute Gasteiger partial charge is 0.193 e. The van der Waals surface area contributed by atoms with Crippen LogP contribution >= 0.6 is 0 Å². The molecule has 4 aliphatic carbocycles. The van der Waals surface area contributed by atoms with E-state index in [9.17, 15) is 24.9 Å². The first kappa shape index (κ1) is 21.8. The Morgan fingerprint density at radius 1 is 1.27 bits per heavy atom. The maximum absolute atomic E-state index is 16.9. The Labute approximate surface area is 175 Å². The normalized spacial score (nSPS) is 49.8. The van der Waals surface area contributed by atoms with Gasteiger partial charge in [-0.25, -0.2) is 4.39 Å². The zero-order valence-corrected chi connectivity index (χ0v) is 17.7. The molecule has 3 N–H and O–H groups in total. The molecule has 166 valence electrons. The zero-order valence-electron chi connectivity index (χ0n) is 17.7. The fourth-order valence-corrected chi connectivity index (χ4v) is 7.03. The number of hydrogen-bond acceptors (Lipinski definition) is 6. The van der Waals surface area contributed by atoms with Crippen molar-refractivity contribution in [1.82, 2.24) is 0 Å². The third-order valence-electron chi connectivity index (χ3n) is 8.72. The molecule has 0 bridgehead atoms. The summed E-state index contributed by atoms with van der Waals surface area (Å²) >= 11 is 0. The van der Waals surface area contributed by atoms with Crippen molar-refractivity contribution in [2.75, 3.05) is 13.2 Å². The van der Waals surface area contributed by atoms with Crippen LogP contribution in [0.5, 0.6) is 0 Å². The van der Waals surface area contributed by atoms with Gasteiger partial charge < -0.3 is 20.1 Å². The molecule has 0 aromatic carbocycles. The quantitative estimate of drug-likeness (QED) is 0.637. The third-order valence-corrected chi connectivity index (χ3v) is 8.72. The number of carbonyl (C=O) groups is 2. The lowest BCUT2D eigenvalue weighted by atomic mass is 9.44. The first-order chi connectivity index (χ1) is 14.0. The fraction of sp³-hybridized carbons (Fsp3) is 0.739. The van der Waals surface area contributed by atoms with Gasteiger partial charge in [-0.1, -0.05) is 18.6 Å². The topological polar surface area (TPSA) is 104 Å². The number of hydrogen-bond donors (Lipinski definition) is 3. The van der Waals surface area contributed by atoms with Gasteiger partial charge in [0, 0.05) is 23.4 Å². The number of ether oxygens (including phenoxy) is 1. The summed E-state index contributed by atoms with van der Waals surface area (Å²) in [6, 6.07) is 0. The van der Waals surface area contributed by atoms with Crippen LogP contribution in [-0.2, 0) is 14.3 Å². The van der Waals surface area contributed by atoms with E-state index in [4.69, 9.17) is 4.74 Å². The Morgan fingerprint density at radius 3 is 2.63 bits per heavy atom. The van der Waals surface area contributed by atoms with Crippen LogP contribution < -0.4 is 0 Å². The molecule has 4 aliphatic rings. The number of rotatable bonds is 4. The number of ketones is 2. The van der Waals surface area contributed by atoms with Crippen molar-refractivity contribution in [2.45, 2.75) is 69.9 Å². The summed E-state index contributed by atoms with van der Waals surface area (Å²) in [6.07, 6.45) is 2.31. The first-order valence-electron chi connectivity index (χ1n) is 10.8. The Morgan fingerprint density at radius 2 is 1.97 bits per heavy atom. The van der Waals surface area contributed by atoms with Gasteiger partial charge in [-0.3, -0.25) is 9.59 Å². The summed E-state index contributed by atoms with van der Waals surface area (Å²) in [5.41, 5.74) is -5.84. The van der Waals surface area contributed by atoms with E-state index in [-0.39, 0.29) is 31.8 Å². The van der Waals surface area contributed by atoms with Crippen molar-refractivity contribution in [3.8, 4) is 0 Å². The van der Waals surface area contributed by atoms with Crippen LogP contribution in [0.2, 0.25) is 0 Å². The second-order valence-corrected chi connectivity index (χ2v) is 9.84. The Hall–Kier alpha value is -1.41. The number of allylic oxidation sites excluding steroid dienone is 4. The summed E-state index contributed by atoms with van der Waals surface area (Å²) in [7, 11) is 0. The minimum atomic E-state index is -2.11. The van der Waals surface area contributed by atoms with Crippen molar-refractivity contribution in [2.24, 2.45) is 22.7 Å². The molecular formula is C23H31FO6. The van der Waals surface area contributed by atoms with E-state index in [1.54, 1.807) is 26.8 Å². The largest absolute Gasteiger partial charge is 0.390 e. The molecule has 3 saturated carbocycles. The van der Waals surface area contributed by atoms with Gasteiger partial charge in [0.15, 0.2) is 22.8 Å². The molecule has 8 atom stereocenters. The van der Waals surface area contributed by atoms with Crippen LogP contribution in [-0.4, -0.2) is 63.6 Å². The molecule has 0 aliphatic heterocycles. The van der Waals surface area contributed by atoms with Gasteiger partial charge in [0.25, 0.3) is 0 Å². The summed E-state index contributed by atoms with van der Waals surface area (Å²) in [4.78, 5) is 24.8. The van der Waals surface area contributed by atoms with Crippen LogP contribution in [0.4, 0.5) is 4.39 Å². The summed E-state index contributed by atoms with van der Waals surface area (Å²) in [5.74, 6) is -1.99. The molecule has 0 spiro atoms. The van der Waals surface area contributed by atoms with Gasteiger partial charge in [0.2, 0.25) is 0 Å². The summed E-state index contributed by atoms with van der Waals surface area (Å²) in [5, 5.41) is 33.4. The summed E-state index contributed by atoms with van der Waals surface area (Å²) in [6.45, 7) is 5.05. The average molecular weight is 422 g/mol. The highest BCUT2D eigenvalue weighted by Gasteiger charge is 2.76. The van der Waals surface area contributed by atoms with Crippen molar-refractivity contribution in [1.29, 1.82) is 0 Å². The highest BCUT2D eigenvalue weighted by Crippen LogP contribution is 2.69. The fourth-order valence-electron chi connectivity index (χ4n) is 7.03. The average Bonchev–Trinajstić information content (AvgIpc) is 2.89. The number of halogens is 1. The van der Waals surface area contributed by atoms with Gasteiger partial charge in [0.1, 0.15) is 6.61 Å². The lowest BCUT2D eigenvalue weighted by molar-refractivity contribution is -0.222. The molecule has 0 aromatic heterocycles. The lowest BCUT2D eigenvalue weighted by Gasteiger charge is -2.62. The van der Waals surface area contributed by atoms with E-state index in [2.05, 4.69) is 0 Å².